The molecular weight excluding hydrogens is 240 g/mol. The molecule has 1 N–H and O–H groups in total. The first-order chi connectivity index (χ1) is 8.09. The first kappa shape index (κ1) is 12.6. The minimum atomic E-state index is -2.84. The highest BCUT2D eigenvalue weighted by atomic mass is 32.2. The molecule has 1 aromatic rings. The summed E-state index contributed by atoms with van der Waals surface area (Å²) < 4.78 is 28.5. The van der Waals surface area contributed by atoms with Crippen molar-refractivity contribution in [2.75, 3.05) is 18.6 Å². The lowest BCUT2D eigenvalue weighted by Gasteiger charge is -2.20. The zero-order valence-electron chi connectivity index (χ0n) is 9.98. The highest BCUT2D eigenvalue weighted by Gasteiger charge is 2.26. The Balaban J connectivity index is 1.95. The second-order valence-electron chi connectivity index (χ2n) is 4.58. The highest BCUT2D eigenvalue weighted by molar-refractivity contribution is 7.91. The summed E-state index contributed by atoms with van der Waals surface area (Å²) >= 11 is 0. The molecule has 0 bridgehead atoms. The largest absolute Gasteiger partial charge is 0.444 e. The van der Waals surface area contributed by atoms with Crippen LogP contribution in [0.5, 0.6) is 0 Å². The minimum absolute atomic E-state index is 0.162. The number of nitrogens with one attached hydrogen (secondary N) is 1. The number of hydrogen-bond donors (Lipinski definition) is 1. The Labute approximate surface area is 102 Å². The number of hydrogen-bond acceptors (Lipinski definition) is 5. The van der Waals surface area contributed by atoms with Crippen molar-refractivity contribution in [1.82, 2.24) is 10.3 Å². The zero-order valence-corrected chi connectivity index (χ0v) is 10.8. The number of aromatic nitrogens is 1. The average molecular weight is 258 g/mol. The van der Waals surface area contributed by atoms with Crippen LogP contribution >= 0.6 is 0 Å². The molecule has 0 aliphatic carbocycles. The second kappa shape index (κ2) is 5.18. The van der Waals surface area contributed by atoms with Gasteiger partial charge in [0.25, 0.3) is 0 Å². The third kappa shape index (κ3) is 3.54. The van der Waals surface area contributed by atoms with Gasteiger partial charge < -0.3 is 9.73 Å². The molecule has 17 heavy (non-hydrogen) atoms. The summed E-state index contributed by atoms with van der Waals surface area (Å²) in [5, 5.41) is 2.98. The highest BCUT2D eigenvalue weighted by Crippen LogP contribution is 2.22. The van der Waals surface area contributed by atoms with Gasteiger partial charge in [-0.1, -0.05) is 0 Å². The first-order valence-electron chi connectivity index (χ1n) is 5.87. The van der Waals surface area contributed by atoms with E-state index in [2.05, 4.69) is 10.3 Å². The molecular formula is C11H18N2O3S. The van der Waals surface area contributed by atoms with E-state index in [-0.39, 0.29) is 11.7 Å². The molecule has 5 nitrogen and oxygen atoms in total. The van der Waals surface area contributed by atoms with Gasteiger partial charge in [-0.05, 0) is 25.8 Å². The number of rotatable bonds is 4. The summed E-state index contributed by atoms with van der Waals surface area (Å²) in [6, 6.07) is 0. The smallest absolute Gasteiger partial charge is 0.194 e. The third-order valence-electron chi connectivity index (χ3n) is 2.97. The van der Waals surface area contributed by atoms with Gasteiger partial charge in [-0.2, -0.15) is 0 Å². The van der Waals surface area contributed by atoms with Crippen LogP contribution in [-0.2, 0) is 22.8 Å². The monoisotopic (exact) mass is 258 g/mol. The van der Waals surface area contributed by atoms with Crippen molar-refractivity contribution in [1.29, 1.82) is 0 Å². The Hall–Kier alpha value is -0.880. The van der Waals surface area contributed by atoms with Crippen LogP contribution < -0.4 is 5.32 Å². The van der Waals surface area contributed by atoms with Crippen LogP contribution in [0, 0.1) is 5.92 Å². The Bertz CT molecular complexity index is 467. The van der Waals surface area contributed by atoms with Gasteiger partial charge in [0.2, 0.25) is 0 Å². The van der Waals surface area contributed by atoms with Crippen molar-refractivity contribution in [2.24, 2.45) is 5.92 Å². The van der Waals surface area contributed by atoms with Crippen LogP contribution in [0.2, 0.25) is 0 Å². The molecule has 1 aliphatic heterocycles. The topological polar surface area (TPSA) is 72.2 Å². The van der Waals surface area contributed by atoms with Gasteiger partial charge in [-0.25, -0.2) is 13.4 Å². The summed E-state index contributed by atoms with van der Waals surface area (Å²) in [6.45, 7) is 0.649. The lowest BCUT2D eigenvalue weighted by atomic mass is 10.0. The van der Waals surface area contributed by atoms with Crippen molar-refractivity contribution in [3.8, 4) is 0 Å². The van der Waals surface area contributed by atoms with Gasteiger partial charge >= 0.3 is 0 Å². The van der Waals surface area contributed by atoms with Crippen LogP contribution in [0.1, 0.15) is 24.5 Å². The summed E-state index contributed by atoms with van der Waals surface area (Å²) in [7, 11) is -0.994. The molecule has 2 heterocycles. The van der Waals surface area contributed by atoms with E-state index in [0.717, 1.165) is 18.6 Å². The van der Waals surface area contributed by atoms with Crippen molar-refractivity contribution in [2.45, 2.75) is 25.8 Å². The molecule has 1 aliphatic rings. The van der Waals surface area contributed by atoms with Crippen molar-refractivity contribution in [3.05, 3.63) is 17.8 Å². The standard InChI is InChI=1S/C11H18N2O3S/c1-12-6-10-7-13-11(16-10)5-9-3-2-4-17(14,15)8-9/h7,9,12H,2-6,8H2,1H3. The molecule has 1 aromatic heterocycles. The lowest BCUT2D eigenvalue weighted by molar-refractivity contribution is 0.395. The molecule has 2 rings (SSSR count). The van der Waals surface area contributed by atoms with E-state index >= 15 is 0 Å². The van der Waals surface area contributed by atoms with E-state index in [1.807, 2.05) is 7.05 Å². The molecule has 6 heteroatoms. The summed E-state index contributed by atoms with van der Waals surface area (Å²) in [4.78, 5) is 4.18. The SMILES string of the molecule is CNCc1cnc(CC2CCCS(=O)(=O)C2)o1. The molecule has 1 atom stereocenters. The third-order valence-corrected chi connectivity index (χ3v) is 4.86. The fourth-order valence-electron chi connectivity index (χ4n) is 2.22. The molecule has 96 valence electrons. The van der Waals surface area contributed by atoms with Crippen molar-refractivity contribution < 1.29 is 12.8 Å². The Morgan fingerprint density at radius 2 is 2.41 bits per heavy atom. The van der Waals surface area contributed by atoms with Gasteiger partial charge in [0, 0.05) is 6.42 Å². The fraction of sp³-hybridized carbons (Fsp3) is 0.727. The van der Waals surface area contributed by atoms with Gasteiger partial charge in [0.15, 0.2) is 15.7 Å². The van der Waals surface area contributed by atoms with E-state index in [1.54, 1.807) is 6.20 Å². The van der Waals surface area contributed by atoms with E-state index in [0.29, 0.717) is 24.6 Å². The summed E-state index contributed by atoms with van der Waals surface area (Å²) in [6.07, 6.45) is 4.03. The molecule has 0 aromatic carbocycles. The fourth-order valence-corrected chi connectivity index (χ4v) is 4.00. The first-order valence-corrected chi connectivity index (χ1v) is 7.70. The maximum atomic E-state index is 11.5. The minimum Gasteiger partial charge on any atom is -0.444 e. The summed E-state index contributed by atoms with van der Waals surface area (Å²) in [5.41, 5.74) is 0. The lowest BCUT2D eigenvalue weighted by Crippen LogP contribution is -2.26. The maximum Gasteiger partial charge on any atom is 0.194 e. The summed E-state index contributed by atoms with van der Waals surface area (Å²) in [5.74, 6) is 2.21. The maximum absolute atomic E-state index is 11.5. The Morgan fingerprint density at radius 1 is 1.59 bits per heavy atom. The van der Waals surface area contributed by atoms with Crippen LogP contribution in [0.25, 0.3) is 0 Å². The van der Waals surface area contributed by atoms with Gasteiger partial charge in [0.1, 0.15) is 5.76 Å². The van der Waals surface area contributed by atoms with Crippen LogP contribution in [-0.4, -0.2) is 32.0 Å². The molecule has 1 fully saturated rings. The number of oxazole rings is 1. The van der Waals surface area contributed by atoms with E-state index in [9.17, 15) is 8.42 Å². The van der Waals surface area contributed by atoms with Crippen molar-refractivity contribution in [3.63, 3.8) is 0 Å². The van der Waals surface area contributed by atoms with E-state index in [1.165, 1.54) is 0 Å². The molecule has 0 radical (unpaired) electrons. The molecule has 1 saturated heterocycles. The second-order valence-corrected chi connectivity index (χ2v) is 6.81. The van der Waals surface area contributed by atoms with E-state index in [4.69, 9.17) is 4.42 Å². The predicted molar refractivity (Wildman–Crippen MR) is 64.3 cm³/mol. The zero-order chi connectivity index (χ0) is 12.3. The van der Waals surface area contributed by atoms with Crippen LogP contribution in [0.4, 0.5) is 0 Å². The Morgan fingerprint density at radius 3 is 3.12 bits per heavy atom. The van der Waals surface area contributed by atoms with Gasteiger partial charge in [-0.15, -0.1) is 0 Å². The normalized spacial score (nSPS) is 23.7. The molecule has 1 unspecified atom stereocenters. The van der Waals surface area contributed by atoms with E-state index < -0.39 is 9.84 Å². The molecule has 0 spiro atoms. The van der Waals surface area contributed by atoms with Gasteiger partial charge in [-0.3, -0.25) is 0 Å². The van der Waals surface area contributed by atoms with Gasteiger partial charge in [0.05, 0.1) is 24.2 Å². The predicted octanol–water partition coefficient (Wildman–Crippen LogP) is 0.761. The van der Waals surface area contributed by atoms with Crippen LogP contribution in [0.3, 0.4) is 0 Å². The molecule has 0 saturated carbocycles. The van der Waals surface area contributed by atoms with Crippen LogP contribution in [0.15, 0.2) is 10.6 Å². The van der Waals surface area contributed by atoms with Crippen molar-refractivity contribution >= 4 is 9.84 Å². The quantitative estimate of drug-likeness (QED) is 0.863. The average Bonchev–Trinajstić information content (AvgIpc) is 2.64. The Kier molecular flexibility index (Phi) is 3.83. The number of sulfone groups is 1. The molecule has 0 amide bonds. The number of nitrogens with zero attached hydrogens (tertiary/aromatic N) is 1.